The first-order valence-electron chi connectivity index (χ1n) is 8.55. The largest absolute Gasteiger partial charge is 0.366 e. The Morgan fingerprint density at radius 2 is 2.16 bits per heavy atom. The molecule has 2 aliphatic heterocycles. The van der Waals surface area contributed by atoms with Gasteiger partial charge in [0, 0.05) is 37.8 Å². The third kappa shape index (κ3) is 3.72. The van der Waals surface area contributed by atoms with Gasteiger partial charge in [-0.25, -0.2) is 0 Å². The van der Waals surface area contributed by atoms with Gasteiger partial charge in [0.15, 0.2) is 0 Å². The van der Waals surface area contributed by atoms with Gasteiger partial charge in [-0.3, -0.25) is 19.7 Å². The van der Waals surface area contributed by atoms with E-state index in [1.54, 1.807) is 12.1 Å². The molecule has 2 saturated heterocycles. The average Bonchev–Trinajstić information content (AvgIpc) is 2.60. The molecule has 0 saturated carbocycles. The lowest BCUT2D eigenvalue weighted by Crippen LogP contribution is -2.50. The van der Waals surface area contributed by atoms with Gasteiger partial charge >= 0.3 is 0 Å². The fraction of sp³-hybridized carbons (Fsp3) is 0.529. The number of hydrogen-bond donors (Lipinski definition) is 1. The van der Waals surface area contributed by atoms with Crippen LogP contribution in [-0.4, -0.2) is 54.4 Å². The summed E-state index contributed by atoms with van der Waals surface area (Å²) in [6.45, 7) is 4.49. The Labute approximate surface area is 145 Å². The van der Waals surface area contributed by atoms with Gasteiger partial charge in [0.25, 0.3) is 11.6 Å². The molecule has 8 nitrogen and oxygen atoms in total. The number of rotatable bonds is 3. The second-order valence-corrected chi connectivity index (χ2v) is 6.73. The van der Waals surface area contributed by atoms with Gasteiger partial charge in [-0.05, 0) is 30.9 Å². The maximum absolute atomic E-state index is 12.6. The van der Waals surface area contributed by atoms with Crippen molar-refractivity contribution in [2.75, 3.05) is 37.6 Å². The number of carbonyl (C=O) groups is 2. The molecule has 2 heterocycles. The molecule has 2 fully saturated rings. The van der Waals surface area contributed by atoms with E-state index in [2.05, 4.69) is 12.2 Å². The van der Waals surface area contributed by atoms with E-state index in [9.17, 15) is 19.7 Å². The van der Waals surface area contributed by atoms with Crippen LogP contribution in [0.25, 0.3) is 0 Å². The predicted molar refractivity (Wildman–Crippen MR) is 92.6 cm³/mol. The molecule has 0 bridgehead atoms. The fourth-order valence-corrected chi connectivity index (χ4v) is 3.47. The Morgan fingerprint density at radius 1 is 1.36 bits per heavy atom. The molecular formula is C17H22N4O4. The predicted octanol–water partition coefficient (Wildman–Crippen LogP) is 1.40. The first kappa shape index (κ1) is 17.2. The zero-order valence-corrected chi connectivity index (χ0v) is 14.2. The zero-order chi connectivity index (χ0) is 18.0. The maximum Gasteiger partial charge on any atom is 0.293 e. The minimum absolute atomic E-state index is 0.0159. The van der Waals surface area contributed by atoms with Crippen LogP contribution in [0.5, 0.6) is 0 Å². The molecule has 8 heteroatoms. The highest BCUT2D eigenvalue weighted by Gasteiger charge is 2.27. The molecule has 2 amide bonds. The first-order chi connectivity index (χ1) is 12.0. The number of nitrogens with zero attached hydrogens (tertiary/aromatic N) is 3. The van der Waals surface area contributed by atoms with Crippen molar-refractivity contribution < 1.29 is 14.5 Å². The molecule has 0 spiro atoms. The topological polar surface area (TPSA) is 95.8 Å². The second kappa shape index (κ2) is 7.08. The van der Waals surface area contributed by atoms with Crippen molar-refractivity contribution in [2.45, 2.75) is 19.8 Å². The van der Waals surface area contributed by atoms with Crippen molar-refractivity contribution in [3.63, 3.8) is 0 Å². The quantitative estimate of drug-likeness (QED) is 0.659. The lowest BCUT2D eigenvalue weighted by molar-refractivity contribution is -0.384. The summed E-state index contributed by atoms with van der Waals surface area (Å²) < 4.78 is 0. The number of nitrogens with one attached hydrogen (secondary N) is 1. The third-order valence-corrected chi connectivity index (χ3v) is 4.74. The molecular weight excluding hydrogens is 324 g/mol. The van der Waals surface area contributed by atoms with Crippen molar-refractivity contribution in [1.82, 2.24) is 10.2 Å². The summed E-state index contributed by atoms with van der Waals surface area (Å²) in [7, 11) is 0. The van der Waals surface area contributed by atoms with E-state index in [0.717, 1.165) is 25.9 Å². The average molecular weight is 346 g/mol. The lowest BCUT2D eigenvalue weighted by atomic mass is 9.99. The summed E-state index contributed by atoms with van der Waals surface area (Å²) in [6.07, 6.45) is 2.12. The SMILES string of the molecule is CC1CCCN(c2ccc(C(=O)N3CCNC(=O)C3)cc2[N+](=O)[O-])C1. The fourth-order valence-electron chi connectivity index (χ4n) is 3.47. The van der Waals surface area contributed by atoms with E-state index in [1.807, 2.05) is 4.90 Å². The van der Waals surface area contributed by atoms with Crippen LogP contribution in [0, 0.1) is 16.0 Å². The van der Waals surface area contributed by atoms with Crippen LogP contribution in [-0.2, 0) is 4.79 Å². The monoisotopic (exact) mass is 346 g/mol. The Morgan fingerprint density at radius 3 is 2.84 bits per heavy atom. The van der Waals surface area contributed by atoms with E-state index in [-0.39, 0.29) is 29.6 Å². The van der Waals surface area contributed by atoms with Crippen LogP contribution in [0.3, 0.4) is 0 Å². The van der Waals surface area contributed by atoms with Crippen molar-refractivity contribution in [1.29, 1.82) is 0 Å². The van der Waals surface area contributed by atoms with Crippen molar-refractivity contribution in [3.8, 4) is 0 Å². The van der Waals surface area contributed by atoms with Gasteiger partial charge in [0.1, 0.15) is 5.69 Å². The van der Waals surface area contributed by atoms with Crippen LogP contribution in [0.2, 0.25) is 0 Å². The molecule has 3 rings (SSSR count). The minimum atomic E-state index is -0.436. The van der Waals surface area contributed by atoms with Gasteiger partial charge in [0.2, 0.25) is 5.91 Å². The number of anilines is 1. The van der Waals surface area contributed by atoms with Crippen molar-refractivity contribution in [3.05, 3.63) is 33.9 Å². The number of carbonyl (C=O) groups excluding carboxylic acids is 2. The van der Waals surface area contributed by atoms with Crippen LogP contribution in [0.1, 0.15) is 30.1 Å². The van der Waals surface area contributed by atoms with Crippen LogP contribution >= 0.6 is 0 Å². The maximum atomic E-state index is 12.6. The highest BCUT2D eigenvalue weighted by molar-refractivity contribution is 5.98. The number of hydrogen-bond acceptors (Lipinski definition) is 5. The number of amides is 2. The molecule has 134 valence electrons. The van der Waals surface area contributed by atoms with Crippen molar-refractivity contribution in [2.24, 2.45) is 5.92 Å². The first-order valence-corrected chi connectivity index (χ1v) is 8.55. The van der Waals surface area contributed by atoms with Gasteiger partial charge in [0.05, 0.1) is 11.5 Å². The van der Waals surface area contributed by atoms with Crippen LogP contribution in [0.15, 0.2) is 18.2 Å². The summed E-state index contributed by atoms with van der Waals surface area (Å²) in [5.74, 6) is -0.0777. The van der Waals surface area contributed by atoms with Crippen LogP contribution in [0.4, 0.5) is 11.4 Å². The van der Waals surface area contributed by atoms with E-state index in [4.69, 9.17) is 0 Å². The lowest BCUT2D eigenvalue weighted by Gasteiger charge is -2.32. The highest BCUT2D eigenvalue weighted by Crippen LogP contribution is 2.32. The molecule has 0 radical (unpaired) electrons. The van der Waals surface area contributed by atoms with E-state index < -0.39 is 4.92 Å². The Kier molecular flexibility index (Phi) is 4.87. The molecule has 2 aliphatic rings. The zero-order valence-electron chi connectivity index (χ0n) is 14.2. The molecule has 1 unspecified atom stereocenters. The van der Waals surface area contributed by atoms with Gasteiger partial charge in [-0.1, -0.05) is 6.92 Å². The van der Waals surface area contributed by atoms with Gasteiger partial charge in [-0.2, -0.15) is 0 Å². The number of nitro groups is 1. The summed E-state index contributed by atoms with van der Waals surface area (Å²) in [4.78, 5) is 38.6. The van der Waals surface area contributed by atoms with Crippen molar-refractivity contribution >= 4 is 23.2 Å². The number of piperazine rings is 1. The highest BCUT2D eigenvalue weighted by atomic mass is 16.6. The molecule has 25 heavy (non-hydrogen) atoms. The Bertz CT molecular complexity index is 706. The number of benzene rings is 1. The normalized spacial score (nSPS) is 21.0. The Hall–Kier alpha value is -2.64. The number of piperidine rings is 1. The molecule has 0 aromatic heterocycles. The Balaban J connectivity index is 1.87. The summed E-state index contributed by atoms with van der Waals surface area (Å²) >= 11 is 0. The minimum Gasteiger partial charge on any atom is -0.366 e. The molecule has 1 aromatic rings. The molecule has 1 N–H and O–H groups in total. The van der Waals surface area contributed by atoms with E-state index in [0.29, 0.717) is 24.7 Å². The van der Waals surface area contributed by atoms with Crippen LogP contribution < -0.4 is 10.2 Å². The second-order valence-electron chi connectivity index (χ2n) is 6.73. The summed E-state index contributed by atoms with van der Waals surface area (Å²) in [6, 6.07) is 4.62. The summed E-state index contributed by atoms with van der Waals surface area (Å²) in [5.41, 5.74) is 0.751. The van der Waals surface area contributed by atoms with Gasteiger partial charge in [-0.15, -0.1) is 0 Å². The standard InChI is InChI=1S/C17H22N4O4/c1-12-3-2-7-19(10-12)14-5-4-13(9-15(14)21(24)25)17(23)20-8-6-18-16(22)11-20/h4-5,9,12H,2-3,6-8,10-11H2,1H3,(H,18,22). The number of nitro benzene ring substituents is 1. The smallest absolute Gasteiger partial charge is 0.293 e. The third-order valence-electron chi connectivity index (χ3n) is 4.74. The van der Waals surface area contributed by atoms with Gasteiger partial charge < -0.3 is 15.1 Å². The molecule has 0 aliphatic carbocycles. The summed E-state index contributed by atoms with van der Waals surface area (Å²) in [5, 5.41) is 14.2. The van der Waals surface area contributed by atoms with E-state index in [1.165, 1.54) is 11.0 Å². The van der Waals surface area contributed by atoms with E-state index >= 15 is 0 Å². The molecule has 1 atom stereocenters. The molecule has 1 aromatic carbocycles.